The first-order chi connectivity index (χ1) is 14.1. The van der Waals surface area contributed by atoms with Crippen LogP contribution in [-0.4, -0.2) is 41.5 Å². The Labute approximate surface area is 171 Å². The van der Waals surface area contributed by atoms with Crippen LogP contribution in [0, 0.1) is 5.92 Å². The first kappa shape index (κ1) is 20.9. The topological polar surface area (TPSA) is 78.9 Å². The van der Waals surface area contributed by atoms with Gasteiger partial charge in [0.25, 0.3) is 0 Å². The third kappa shape index (κ3) is 6.91. The number of benzene rings is 2. The van der Waals surface area contributed by atoms with E-state index in [1.54, 1.807) is 0 Å². The summed E-state index contributed by atoms with van der Waals surface area (Å²) in [4.78, 5) is 25.5. The normalized spacial score (nSPS) is 16.9. The molecule has 6 heteroatoms. The zero-order valence-corrected chi connectivity index (χ0v) is 16.5. The molecule has 1 aliphatic heterocycles. The van der Waals surface area contributed by atoms with Gasteiger partial charge in [-0.15, -0.1) is 0 Å². The maximum Gasteiger partial charge on any atom is 0.303 e. The largest absolute Gasteiger partial charge is 0.481 e. The number of carboxylic acid groups (broad SMARTS) is 1. The van der Waals surface area contributed by atoms with E-state index < -0.39 is 5.97 Å². The number of ether oxygens (including phenoxy) is 1. The molecular formula is C23H28N2O4. The van der Waals surface area contributed by atoms with E-state index in [9.17, 15) is 9.59 Å². The standard InChI is InChI=1S/C23H28N2O4/c26-22(14-16-25-15-6-7-18(17-25)12-13-23(27)28)24-20-10-4-5-11-21(20)29-19-8-2-1-3-9-19/h1-5,8-11,18H,6-7,12-17H2,(H,24,26)(H,27,28). The average molecular weight is 396 g/mol. The van der Waals surface area contributed by atoms with Crippen LogP contribution in [0.2, 0.25) is 0 Å². The Hall–Kier alpha value is -2.86. The lowest BCUT2D eigenvalue weighted by Gasteiger charge is -2.32. The number of anilines is 1. The average Bonchev–Trinajstić information content (AvgIpc) is 2.73. The Kier molecular flexibility index (Phi) is 7.64. The number of amides is 1. The van der Waals surface area contributed by atoms with E-state index in [1.807, 2.05) is 54.6 Å². The third-order valence-corrected chi connectivity index (χ3v) is 5.16. The van der Waals surface area contributed by atoms with E-state index in [0.717, 1.165) is 31.7 Å². The SMILES string of the molecule is O=C(O)CCC1CCCN(CCC(=O)Nc2ccccc2Oc2ccccc2)C1. The summed E-state index contributed by atoms with van der Waals surface area (Å²) in [5.41, 5.74) is 0.652. The second-order valence-corrected chi connectivity index (χ2v) is 7.45. The van der Waals surface area contributed by atoms with Crippen molar-refractivity contribution in [2.45, 2.75) is 32.1 Å². The van der Waals surface area contributed by atoms with Crippen molar-refractivity contribution >= 4 is 17.6 Å². The Bertz CT molecular complexity index is 810. The predicted molar refractivity (Wildman–Crippen MR) is 112 cm³/mol. The second-order valence-electron chi connectivity index (χ2n) is 7.45. The first-order valence-corrected chi connectivity index (χ1v) is 10.2. The molecule has 0 saturated carbocycles. The summed E-state index contributed by atoms with van der Waals surface area (Å²) < 4.78 is 5.89. The quantitative estimate of drug-likeness (QED) is 0.657. The molecule has 3 rings (SSSR count). The van der Waals surface area contributed by atoms with Gasteiger partial charge in [0.05, 0.1) is 5.69 Å². The molecule has 1 saturated heterocycles. The number of para-hydroxylation sites is 3. The van der Waals surface area contributed by atoms with Crippen molar-refractivity contribution < 1.29 is 19.4 Å². The molecule has 0 aliphatic carbocycles. The lowest BCUT2D eigenvalue weighted by molar-refractivity contribution is -0.137. The summed E-state index contributed by atoms with van der Waals surface area (Å²) in [5.74, 6) is 0.941. The van der Waals surface area contributed by atoms with Crippen LogP contribution in [-0.2, 0) is 9.59 Å². The fraction of sp³-hybridized carbons (Fsp3) is 0.391. The summed E-state index contributed by atoms with van der Waals surface area (Å²) in [7, 11) is 0. The molecule has 29 heavy (non-hydrogen) atoms. The lowest BCUT2D eigenvalue weighted by Crippen LogP contribution is -2.37. The van der Waals surface area contributed by atoms with Crippen LogP contribution in [0.25, 0.3) is 0 Å². The van der Waals surface area contributed by atoms with Crippen LogP contribution in [0.15, 0.2) is 54.6 Å². The fourth-order valence-corrected chi connectivity index (χ4v) is 3.66. The molecule has 0 radical (unpaired) electrons. The molecule has 1 fully saturated rings. The summed E-state index contributed by atoms with van der Waals surface area (Å²) in [5, 5.41) is 11.8. The highest BCUT2D eigenvalue weighted by Gasteiger charge is 2.21. The summed E-state index contributed by atoms with van der Waals surface area (Å²) in [6.07, 6.45) is 3.45. The Morgan fingerprint density at radius 1 is 1.07 bits per heavy atom. The number of nitrogens with zero attached hydrogens (tertiary/aromatic N) is 1. The second kappa shape index (κ2) is 10.6. The molecule has 0 bridgehead atoms. The van der Waals surface area contributed by atoms with Crippen molar-refractivity contribution in [3.05, 3.63) is 54.6 Å². The molecule has 1 aliphatic rings. The summed E-state index contributed by atoms with van der Waals surface area (Å²) in [6, 6.07) is 16.9. The number of piperidine rings is 1. The summed E-state index contributed by atoms with van der Waals surface area (Å²) in [6.45, 7) is 2.51. The van der Waals surface area contributed by atoms with Gasteiger partial charge in [-0.1, -0.05) is 30.3 Å². The first-order valence-electron chi connectivity index (χ1n) is 10.2. The van der Waals surface area contributed by atoms with Gasteiger partial charge in [0, 0.05) is 25.9 Å². The maximum atomic E-state index is 12.5. The number of hydrogen-bond acceptors (Lipinski definition) is 4. The number of carbonyl (C=O) groups is 2. The van der Waals surface area contributed by atoms with Gasteiger partial charge in [0.15, 0.2) is 5.75 Å². The number of rotatable bonds is 9. The molecule has 0 aromatic heterocycles. The van der Waals surface area contributed by atoms with Gasteiger partial charge >= 0.3 is 5.97 Å². The van der Waals surface area contributed by atoms with Crippen LogP contribution < -0.4 is 10.1 Å². The predicted octanol–water partition coefficient (Wildman–Crippen LogP) is 4.38. The molecular weight excluding hydrogens is 368 g/mol. The van der Waals surface area contributed by atoms with Crippen LogP contribution in [0.5, 0.6) is 11.5 Å². The molecule has 0 spiro atoms. The summed E-state index contributed by atoms with van der Waals surface area (Å²) >= 11 is 0. The molecule has 1 atom stereocenters. The number of likely N-dealkylation sites (tertiary alicyclic amines) is 1. The van der Waals surface area contributed by atoms with E-state index >= 15 is 0 Å². The van der Waals surface area contributed by atoms with Crippen molar-refractivity contribution in [3.63, 3.8) is 0 Å². The highest BCUT2D eigenvalue weighted by atomic mass is 16.5. The minimum Gasteiger partial charge on any atom is -0.481 e. The minimum atomic E-state index is -0.738. The highest BCUT2D eigenvalue weighted by molar-refractivity contribution is 5.92. The van der Waals surface area contributed by atoms with Gasteiger partial charge < -0.3 is 20.1 Å². The van der Waals surface area contributed by atoms with Gasteiger partial charge in [-0.3, -0.25) is 9.59 Å². The monoisotopic (exact) mass is 396 g/mol. The van der Waals surface area contributed by atoms with Crippen molar-refractivity contribution in [2.75, 3.05) is 25.0 Å². The number of carboxylic acids is 1. The molecule has 154 valence electrons. The smallest absolute Gasteiger partial charge is 0.303 e. The highest BCUT2D eigenvalue weighted by Crippen LogP contribution is 2.29. The van der Waals surface area contributed by atoms with Crippen LogP contribution in [0.4, 0.5) is 5.69 Å². The van der Waals surface area contributed by atoms with E-state index in [1.165, 1.54) is 0 Å². The number of carbonyl (C=O) groups excluding carboxylic acids is 1. The van der Waals surface area contributed by atoms with Gasteiger partial charge in [-0.05, 0) is 56.0 Å². The zero-order chi connectivity index (χ0) is 20.5. The molecule has 1 heterocycles. The van der Waals surface area contributed by atoms with Crippen LogP contribution >= 0.6 is 0 Å². The van der Waals surface area contributed by atoms with Gasteiger partial charge in [0.2, 0.25) is 5.91 Å². The molecule has 2 N–H and O–H groups in total. The van der Waals surface area contributed by atoms with Crippen molar-refractivity contribution in [3.8, 4) is 11.5 Å². The number of aliphatic carboxylic acids is 1. The molecule has 2 aromatic carbocycles. The Balaban J connectivity index is 1.49. The van der Waals surface area contributed by atoms with E-state index in [4.69, 9.17) is 9.84 Å². The lowest BCUT2D eigenvalue weighted by atomic mass is 9.93. The van der Waals surface area contributed by atoms with Crippen molar-refractivity contribution in [1.82, 2.24) is 4.90 Å². The van der Waals surface area contributed by atoms with Gasteiger partial charge in [0.1, 0.15) is 5.75 Å². The van der Waals surface area contributed by atoms with Crippen molar-refractivity contribution in [1.29, 1.82) is 0 Å². The van der Waals surface area contributed by atoms with Crippen molar-refractivity contribution in [2.24, 2.45) is 5.92 Å². The molecule has 6 nitrogen and oxygen atoms in total. The number of hydrogen-bond donors (Lipinski definition) is 2. The minimum absolute atomic E-state index is 0.0539. The number of nitrogens with one attached hydrogen (secondary N) is 1. The van der Waals surface area contributed by atoms with Gasteiger partial charge in [-0.25, -0.2) is 0 Å². The van der Waals surface area contributed by atoms with Crippen LogP contribution in [0.1, 0.15) is 32.1 Å². The maximum absolute atomic E-state index is 12.5. The van der Waals surface area contributed by atoms with E-state index in [2.05, 4.69) is 10.2 Å². The third-order valence-electron chi connectivity index (χ3n) is 5.16. The Morgan fingerprint density at radius 3 is 2.62 bits per heavy atom. The van der Waals surface area contributed by atoms with E-state index in [-0.39, 0.29) is 12.3 Å². The fourth-order valence-electron chi connectivity index (χ4n) is 3.66. The van der Waals surface area contributed by atoms with Gasteiger partial charge in [-0.2, -0.15) is 0 Å². The molecule has 1 unspecified atom stereocenters. The molecule has 2 aromatic rings. The zero-order valence-electron chi connectivity index (χ0n) is 16.5. The Morgan fingerprint density at radius 2 is 1.83 bits per heavy atom. The van der Waals surface area contributed by atoms with Crippen LogP contribution in [0.3, 0.4) is 0 Å². The molecule has 1 amide bonds. The van der Waals surface area contributed by atoms with E-state index in [0.29, 0.717) is 36.7 Å².